The second-order valence-corrected chi connectivity index (χ2v) is 5.20. The Morgan fingerprint density at radius 3 is 2.60 bits per heavy atom. The number of benzene rings is 1. The second-order valence-electron chi connectivity index (χ2n) is 4.08. The standard InChI is InChI=1S/C13H15NS/c1-10(2)8-13-14-9-12(15-13)11-6-4-3-5-7-11/h3-7,9-10H,8H2,1-2H3. The molecule has 1 heterocycles. The molecule has 0 aliphatic carbocycles. The van der Waals surface area contributed by atoms with E-state index in [-0.39, 0.29) is 0 Å². The molecule has 2 rings (SSSR count). The van der Waals surface area contributed by atoms with Crippen LogP contribution in [0.4, 0.5) is 0 Å². The van der Waals surface area contributed by atoms with Crippen LogP contribution in [-0.2, 0) is 6.42 Å². The Bertz CT molecular complexity index is 417. The zero-order chi connectivity index (χ0) is 10.7. The van der Waals surface area contributed by atoms with Gasteiger partial charge in [0.1, 0.15) is 0 Å². The van der Waals surface area contributed by atoms with Crippen molar-refractivity contribution < 1.29 is 0 Å². The first-order valence-corrected chi connectivity index (χ1v) is 6.07. The van der Waals surface area contributed by atoms with Gasteiger partial charge in [-0.2, -0.15) is 0 Å². The maximum absolute atomic E-state index is 4.45. The first kappa shape index (κ1) is 10.4. The highest BCUT2D eigenvalue weighted by Gasteiger charge is 2.05. The molecule has 78 valence electrons. The number of aromatic nitrogens is 1. The Labute approximate surface area is 94.8 Å². The molecule has 0 unspecified atom stereocenters. The highest BCUT2D eigenvalue weighted by molar-refractivity contribution is 7.15. The summed E-state index contributed by atoms with van der Waals surface area (Å²) in [6.45, 7) is 4.45. The van der Waals surface area contributed by atoms with Gasteiger partial charge in [-0.1, -0.05) is 44.2 Å². The van der Waals surface area contributed by atoms with E-state index in [1.54, 1.807) is 11.3 Å². The van der Waals surface area contributed by atoms with Gasteiger partial charge in [0.05, 0.1) is 9.88 Å². The fraction of sp³-hybridized carbons (Fsp3) is 0.308. The lowest BCUT2D eigenvalue weighted by Gasteiger charge is -1.98. The van der Waals surface area contributed by atoms with Crippen LogP contribution in [0.3, 0.4) is 0 Å². The van der Waals surface area contributed by atoms with E-state index in [0.717, 1.165) is 6.42 Å². The smallest absolute Gasteiger partial charge is 0.0933 e. The molecule has 0 atom stereocenters. The van der Waals surface area contributed by atoms with Crippen LogP contribution in [0.2, 0.25) is 0 Å². The fourth-order valence-corrected chi connectivity index (χ4v) is 2.63. The van der Waals surface area contributed by atoms with Gasteiger partial charge in [0, 0.05) is 12.6 Å². The second kappa shape index (κ2) is 4.58. The molecule has 0 bridgehead atoms. The van der Waals surface area contributed by atoms with Crippen LogP contribution in [0.25, 0.3) is 10.4 Å². The Morgan fingerprint density at radius 1 is 1.20 bits per heavy atom. The van der Waals surface area contributed by atoms with E-state index in [0.29, 0.717) is 5.92 Å². The monoisotopic (exact) mass is 217 g/mol. The molecule has 0 aliphatic rings. The molecule has 0 aliphatic heterocycles. The van der Waals surface area contributed by atoms with Gasteiger partial charge in [0.15, 0.2) is 0 Å². The number of hydrogen-bond acceptors (Lipinski definition) is 2. The van der Waals surface area contributed by atoms with Crippen LogP contribution in [0.5, 0.6) is 0 Å². The van der Waals surface area contributed by atoms with Gasteiger partial charge in [0.25, 0.3) is 0 Å². The lowest BCUT2D eigenvalue weighted by atomic mass is 10.1. The third kappa shape index (κ3) is 2.66. The normalized spacial score (nSPS) is 10.9. The summed E-state index contributed by atoms with van der Waals surface area (Å²) in [5.74, 6) is 0.680. The molecular weight excluding hydrogens is 202 g/mol. The van der Waals surface area contributed by atoms with Crippen molar-refractivity contribution in [3.63, 3.8) is 0 Å². The van der Waals surface area contributed by atoms with E-state index in [2.05, 4.69) is 43.1 Å². The van der Waals surface area contributed by atoms with Crippen LogP contribution in [0, 0.1) is 5.92 Å². The van der Waals surface area contributed by atoms with E-state index in [4.69, 9.17) is 0 Å². The molecule has 0 spiro atoms. The van der Waals surface area contributed by atoms with Crippen molar-refractivity contribution >= 4 is 11.3 Å². The summed E-state index contributed by atoms with van der Waals surface area (Å²) < 4.78 is 0. The van der Waals surface area contributed by atoms with E-state index in [1.807, 2.05) is 12.3 Å². The summed E-state index contributed by atoms with van der Waals surface area (Å²) in [4.78, 5) is 5.72. The number of nitrogens with zero attached hydrogens (tertiary/aromatic N) is 1. The third-order valence-corrected chi connectivity index (χ3v) is 3.26. The minimum atomic E-state index is 0.680. The van der Waals surface area contributed by atoms with Crippen molar-refractivity contribution in [2.45, 2.75) is 20.3 Å². The molecule has 0 amide bonds. The summed E-state index contributed by atoms with van der Waals surface area (Å²) in [7, 11) is 0. The van der Waals surface area contributed by atoms with E-state index < -0.39 is 0 Å². The summed E-state index contributed by atoms with van der Waals surface area (Å²) in [6, 6.07) is 10.4. The highest BCUT2D eigenvalue weighted by atomic mass is 32.1. The molecule has 0 radical (unpaired) electrons. The van der Waals surface area contributed by atoms with Gasteiger partial charge in [-0.15, -0.1) is 11.3 Å². The SMILES string of the molecule is CC(C)Cc1ncc(-c2ccccc2)s1. The maximum atomic E-state index is 4.45. The van der Waals surface area contributed by atoms with Crippen LogP contribution < -0.4 is 0 Å². The zero-order valence-corrected chi connectivity index (χ0v) is 9.92. The van der Waals surface area contributed by atoms with Crippen LogP contribution >= 0.6 is 11.3 Å². The largest absolute Gasteiger partial charge is 0.249 e. The molecule has 0 fully saturated rings. The minimum Gasteiger partial charge on any atom is -0.249 e. The molecule has 2 aromatic rings. The average Bonchev–Trinajstić information content (AvgIpc) is 2.67. The first-order chi connectivity index (χ1) is 7.25. The molecule has 1 aromatic heterocycles. The van der Waals surface area contributed by atoms with Gasteiger partial charge in [-0.3, -0.25) is 0 Å². The first-order valence-electron chi connectivity index (χ1n) is 5.26. The average molecular weight is 217 g/mol. The summed E-state index contributed by atoms with van der Waals surface area (Å²) >= 11 is 1.80. The summed E-state index contributed by atoms with van der Waals surface area (Å²) in [6.07, 6.45) is 3.06. The predicted molar refractivity (Wildman–Crippen MR) is 66.1 cm³/mol. The maximum Gasteiger partial charge on any atom is 0.0933 e. The van der Waals surface area contributed by atoms with E-state index in [1.165, 1.54) is 15.4 Å². The zero-order valence-electron chi connectivity index (χ0n) is 9.10. The Kier molecular flexibility index (Phi) is 3.17. The molecule has 15 heavy (non-hydrogen) atoms. The third-order valence-electron chi connectivity index (χ3n) is 2.19. The van der Waals surface area contributed by atoms with Gasteiger partial charge in [0.2, 0.25) is 0 Å². The Balaban J connectivity index is 2.21. The van der Waals surface area contributed by atoms with Gasteiger partial charge in [-0.25, -0.2) is 4.98 Å². The Morgan fingerprint density at radius 2 is 1.93 bits per heavy atom. The summed E-state index contributed by atoms with van der Waals surface area (Å²) in [5.41, 5.74) is 1.27. The van der Waals surface area contributed by atoms with Gasteiger partial charge < -0.3 is 0 Å². The quantitative estimate of drug-likeness (QED) is 0.757. The van der Waals surface area contributed by atoms with Crippen molar-refractivity contribution in [3.05, 3.63) is 41.5 Å². The molecule has 1 nitrogen and oxygen atoms in total. The number of hydrogen-bond donors (Lipinski definition) is 0. The summed E-state index contributed by atoms with van der Waals surface area (Å²) in [5, 5.41) is 1.24. The van der Waals surface area contributed by atoms with E-state index >= 15 is 0 Å². The fourth-order valence-electron chi connectivity index (χ4n) is 1.49. The van der Waals surface area contributed by atoms with Crippen molar-refractivity contribution in [3.8, 4) is 10.4 Å². The van der Waals surface area contributed by atoms with E-state index in [9.17, 15) is 0 Å². The van der Waals surface area contributed by atoms with Crippen molar-refractivity contribution in [1.29, 1.82) is 0 Å². The lowest BCUT2D eigenvalue weighted by Crippen LogP contribution is -1.91. The predicted octanol–water partition coefficient (Wildman–Crippen LogP) is 4.01. The van der Waals surface area contributed by atoms with Crippen LogP contribution in [-0.4, -0.2) is 4.98 Å². The van der Waals surface area contributed by atoms with Gasteiger partial charge >= 0.3 is 0 Å². The number of rotatable bonds is 3. The van der Waals surface area contributed by atoms with Gasteiger partial charge in [-0.05, 0) is 11.5 Å². The molecule has 2 heteroatoms. The van der Waals surface area contributed by atoms with Crippen molar-refractivity contribution in [1.82, 2.24) is 4.98 Å². The Hall–Kier alpha value is -1.15. The molecule has 0 N–H and O–H groups in total. The molecule has 0 saturated carbocycles. The minimum absolute atomic E-state index is 0.680. The van der Waals surface area contributed by atoms with Crippen molar-refractivity contribution in [2.75, 3.05) is 0 Å². The molecule has 0 saturated heterocycles. The molecule has 1 aromatic carbocycles. The van der Waals surface area contributed by atoms with Crippen LogP contribution in [0.1, 0.15) is 18.9 Å². The highest BCUT2D eigenvalue weighted by Crippen LogP contribution is 2.26. The van der Waals surface area contributed by atoms with Crippen molar-refractivity contribution in [2.24, 2.45) is 5.92 Å². The topological polar surface area (TPSA) is 12.9 Å². The molecular formula is C13H15NS. The van der Waals surface area contributed by atoms with Crippen LogP contribution in [0.15, 0.2) is 36.5 Å². The lowest BCUT2D eigenvalue weighted by molar-refractivity contribution is 0.644. The number of thiazole rings is 1.